The highest BCUT2D eigenvalue weighted by Gasteiger charge is 2.21. The van der Waals surface area contributed by atoms with Gasteiger partial charge < -0.3 is 4.90 Å². The van der Waals surface area contributed by atoms with Crippen molar-refractivity contribution in [2.24, 2.45) is 0 Å². The Morgan fingerprint density at radius 3 is 2.72 bits per heavy atom. The summed E-state index contributed by atoms with van der Waals surface area (Å²) in [5.41, 5.74) is 0.462. The fraction of sp³-hybridized carbons (Fsp3) is 0.417. The predicted octanol–water partition coefficient (Wildman–Crippen LogP) is 3.38. The normalized spacial score (nSPS) is 10.2. The molecule has 96 valence electrons. The van der Waals surface area contributed by atoms with E-state index >= 15 is 0 Å². The Hall–Kier alpha value is -1.80. The van der Waals surface area contributed by atoms with Crippen molar-refractivity contribution >= 4 is 23.0 Å². The van der Waals surface area contributed by atoms with Gasteiger partial charge >= 0.3 is 0 Å². The van der Waals surface area contributed by atoms with Gasteiger partial charge in [0.15, 0.2) is 0 Å². The third-order valence-electron chi connectivity index (χ3n) is 2.53. The van der Waals surface area contributed by atoms with Gasteiger partial charge in [-0.2, -0.15) is 5.26 Å². The minimum absolute atomic E-state index is 0.00559. The summed E-state index contributed by atoms with van der Waals surface area (Å²) in [5.74, 6) is 0. The van der Waals surface area contributed by atoms with E-state index < -0.39 is 4.92 Å². The standard InChI is InChI=1S/C12H14ClN3O2/c1-9(2)15(7-3-6-14)12-8-10(13)4-5-11(12)16(17)18/h4-5,8-9H,3,7H2,1-2H3. The summed E-state index contributed by atoms with van der Waals surface area (Å²) in [6.07, 6.45) is 0.307. The lowest BCUT2D eigenvalue weighted by molar-refractivity contribution is -0.384. The van der Waals surface area contributed by atoms with Crippen LogP contribution in [0.1, 0.15) is 20.3 Å². The maximum absolute atomic E-state index is 11.0. The Balaban J connectivity index is 3.21. The maximum atomic E-state index is 11.0. The average Bonchev–Trinajstić information content (AvgIpc) is 2.28. The summed E-state index contributed by atoms with van der Waals surface area (Å²) in [6.45, 7) is 4.28. The van der Waals surface area contributed by atoms with Crippen LogP contribution in [0.5, 0.6) is 0 Å². The first-order valence-electron chi connectivity index (χ1n) is 5.55. The second kappa shape index (κ2) is 6.22. The van der Waals surface area contributed by atoms with Crippen molar-refractivity contribution in [3.63, 3.8) is 0 Å². The molecular weight excluding hydrogens is 254 g/mol. The predicted molar refractivity (Wildman–Crippen MR) is 70.8 cm³/mol. The number of nitro groups is 1. The molecular formula is C12H14ClN3O2. The molecule has 0 atom stereocenters. The lowest BCUT2D eigenvalue weighted by Gasteiger charge is -2.27. The molecule has 6 heteroatoms. The van der Waals surface area contributed by atoms with Gasteiger partial charge in [0.2, 0.25) is 0 Å². The van der Waals surface area contributed by atoms with E-state index in [1.165, 1.54) is 12.1 Å². The number of rotatable bonds is 5. The van der Waals surface area contributed by atoms with Gasteiger partial charge in [0.1, 0.15) is 5.69 Å². The number of nitriles is 1. The first kappa shape index (κ1) is 14.3. The van der Waals surface area contributed by atoms with Gasteiger partial charge in [0.05, 0.1) is 17.4 Å². The molecule has 1 rings (SSSR count). The zero-order valence-electron chi connectivity index (χ0n) is 10.3. The average molecular weight is 268 g/mol. The molecule has 0 aliphatic rings. The Morgan fingerprint density at radius 1 is 1.56 bits per heavy atom. The van der Waals surface area contributed by atoms with Crippen molar-refractivity contribution in [1.82, 2.24) is 0 Å². The number of hydrogen-bond donors (Lipinski definition) is 0. The van der Waals surface area contributed by atoms with Crippen molar-refractivity contribution in [2.75, 3.05) is 11.4 Å². The fourth-order valence-corrected chi connectivity index (χ4v) is 1.87. The first-order chi connectivity index (χ1) is 8.47. The van der Waals surface area contributed by atoms with Crippen molar-refractivity contribution in [3.05, 3.63) is 33.3 Å². The summed E-state index contributed by atoms with van der Waals surface area (Å²) in [7, 11) is 0. The summed E-state index contributed by atoms with van der Waals surface area (Å²) in [5, 5.41) is 20.1. The lowest BCUT2D eigenvalue weighted by Crippen LogP contribution is -2.32. The number of hydrogen-bond acceptors (Lipinski definition) is 4. The number of nitro benzene ring substituents is 1. The SMILES string of the molecule is CC(C)N(CCC#N)c1cc(Cl)ccc1[N+](=O)[O-]. The smallest absolute Gasteiger partial charge is 0.292 e. The molecule has 0 saturated carbocycles. The van der Waals surface area contributed by atoms with E-state index in [2.05, 4.69) is 0 Å². The van der Waals surface area contributed by atoms with Crippen LogP contribution in [0.2, 0.25) is 5.02 Å². The largest absolute Gasteiger partial charge is 0.362 e. The second-order valence-corrected chi connectivity index (χ2v) is 4.52. The van der Waals surface area contributed by atoms with E-state index in [0.717, 1.165) is 0 Å². The number of anilines is 1. The molecule has 0 spiro atoms. The highest BCUT2D eigenvalue weighted by Crippen LogP contribution is 2.32. The summed E-state index contributed by atoms with van der Waals surface area (Å²) >= 11 is 5.89. The molecule has 0 amide bonds. The number of benzene rings is 1. The molecule has 0 heterocycles. The second-order valence-electron chi connectivity index (χ2n) is 4.09. The van der Waals surface area contributed by atoms with Crippen LogP contribution in [-0.4, -0.2) is 17.5 Å². The van der Waals surface area contributed by atoms with Gasteiger partial charge in [-0.15, -0.1) is 0 Å². The highest BCUT2D eigenvalue weighted by atomic mass is 35.5. The molecule has 0 unspecified atom stereocenters. The molecule has 0 radical (unpaired) electrons. The minimum atomic E-state index is -0.437. The molecule has 0 N–H and O–H groups in total. The van der Waals surface area contributed by atoms with Gasteiger partial charge in [-0.05, 0) is 26.0 Å². The Labute approximate surface area is 111 Å². The monoisotopic (exact) mass is 267 g/mol. The van der Waals surface area contributed by atoms with Crippen LogP contribution in [0.3, 0.4) is 0 Å². The van der Waals surface area contributed by atoms with E-state index in [9.17, 15) is 10.1 Å². The molecule has 0 aliphatic heterocycles. The molecule has 18 heavy (non-hydrogen) atoms. The van der Waals surface area contributed by atoms with E-state index in [-0.39, 0.29) is 11.7 Å². The molecule has 0 fully saturated rings. The van der Waals surface area contributed by atoms with Gasteiger partial charge in [-0.25, -0.2) is 0 Å². The van der Waals surface area contributed by atoms with Crippen molar-refractivity contribution < 1.29 is 4.92 Å². The maximum Gasteiger partial charge on any atom is 0.292 e. The van der Waals surface area contributed by atoms with Crippen LogP contribution in [0, 0.1) is 21.4 Å². The molecule has 1 aromatic rings. The van der Waals surface area contributed by atoms with E-state index in [1.54, 1.807) is 6.07 Å². The third-order valence-corrected chi connectivity index (χ3v) is 2.77. The quantitative estimate of drug-likeness (QED) is 0.606. The van der Waals surface area contributed by atoms with Gasteiger partial charge in [0, 0.05) is 23.7 Å². The topological polar surface area (TPSA) is 70.2 Å². The zero-order valence-corrected chi connectivity index (χ0v) is 11.0. The van der Waals surface area contributed by atoms with E-state index in [0.29, 0.717) is 23.7 Å². The number of halogens is 1. The van der Waals surface area contributed by atoms with Crippen LogP contribution in [0.15, 0.2) is 18.2 Å². The summed E-state index contributed by atoms with van der Waals surface area (Å²) < 4.78 is 0. The van der Waals surface area contributed by atoms with Crippen molar-refractivity contribution in [1.29, 1.82) is 5.26 Å². The molecule has 0 aliphatic carbocycles. The van der Waals surface area contributed by atoms with Crippen molar-refractivity contribution in [2.45, 2.75) is 26.3 Å². The fourth-order valence-electron chi connectivity index (χ4n) is 1.71. The Morgan fingerprint density at radius 2 is 2.22 bits per heavy atom. The first-order valence-corrected chi connectivity index (χ1v) is 5.92. The van der Waals surface area contributed by atoms with Gasteiger partial charge in [0.25, 0.3) is 5.69 Å². The van der Waals surface area contributed by atoms with Crippen molar-refractivity contribution in [3.8, 4) is 6.07 Å². The third kappa shape index (κ3) is 3.34. The van der Waals surface area contributed by atoms with E-state index in [4.69, 9.17) is 16.9 Å². The number of nitrogens with zero attached hydrogens (tertiary/aromatic N) is 3. The van der Waals surface area contributed by atoms with Crippen LogP contribution in [-0.2, 0) is 0 Å². The molecule has 0 aromatic heterocycles. The van der Waals surface area contributed by atoms with Gasteiger partial charge in [-0.3, -0.25) is 10.1 Å². The van der Waals surface area contributed by atoms with E-state index in [1.807, 2.05) is 24.8 Å². The lowest BCUT2D eigenvalue weighted by atomic mass is 10.2. The van der Waals surface area contributed by atoms with Crippen LogP contribution < -0.4 is 4.90 Å². The van der Waals surface area contributed by atoms with Gasteiger partial charge in [-0.1, -0.05) is 11.6 Å². The summed E-state index contributed by atoms with van der Waals surface area (Å²) in [6, 6.07) is 6.54. The Bertz CT molecular complexity index is 483. The highest BCUT2D eigenvalue weighted by molar-refractivity contribution is 6.31. The van der Waals surface area contributed by atoms with Crippen LogP contribution in [0.4, 0.5) is 11.4 Å². The molecule has 1 aromatic carbocycles. The summed E-state index contributed by atoms with van der Waals surface area (Å²) in [4.78, 5) is 12.4. The minimum Gasteiger partial charge on any atom is -0.362 e. The zero-order chi connectivity index (χ0) is 13.7. The molecule has 5 nitrogen and oxygen atoms in total. The Kier molecular flexibility index (Phi) is 4.93. The molecule has 0 saturated heterocycles. The van der Waals surface area contributed by atoms with Crippen LogP contribution in [0.25, 0.3) is 0 Å². The molecule has 0 bridgehead atoms. The van der Waals surface area contributed by atoms with Crippen LogP contribution >= 0.6 is 11.6 Å².